The molecule has 0 radical (unpaired) electrons. The van der Waals surface area contributed by atoms with Crippen molar-refractivity contribution in [3.63, 3.8) is 0 Å². The number of nitrogens with two attached hydrogens (primary N) is 1. The molecule has 1 aliphatic heterocycles. The fourth-order valence-corrected chi connectivity index (χ4v) is 5.98. The molecule has 1 unspecified atom stereocenters. The summed E-state index contributed by atoms with van der Waals surface area (Å²) in [5.74, 6) is -1.84. The first kappa shape index (κ1) is 34.3. The van der Waals surface area contributed by atoms with Crippen molar-refractivity contribution >= 4 is 28.8 Å². The Balaban J connectivity index is 1.26. The van der Waals surface area contributed by atoms with Crippen LogP contribution in [0.4, 0.5) is 13.2 Å². The Bertz CT molecular complexity index is 2150. The Labute approximate surface area is 286 Å². The van der Waals surface area contributed by atoms with Gasteiger partial charge in [-0.25, -0.2) is 27.9 Å². The Morgan fingerprint density at radius 2 is 1.88 bits per heavy atom. The number of ether oxygens (including phenoxy) is 3. The third kappa shape index (κ3) is 6.81. The van der Waals surface area contributed by atoms with Crippen LogP contribution in [-0.4, -0.2) is 59.1 Å². The van der Waals surface area contributed by atoms with E-state index >= 15 is 8.78 Å². The van der Waals surface area contributed by atoms with E-state index in [4.69, 9.17) is 24.9 Å². The zero-order chi connectivity index (χ0) is 35.6. The quantitative estimate of drug-likeness (QED) is 0.131. The summed E-state index contributed by atoms with van der Waals surface area (Å²) in [4.78, 5) is 29.6. The van der Waals surface area contributed by atoms with Crippen molar-refractivity contribution in [2.75, 3.05) is 27.4 Å². The van der Waals surface area contributed by atoms with Gasteiger partial charge in [-0.1, -0.05) is 19.9 Å². The van der Waals surface area contributed by atoms with Gasteiger partial charge in [0, 0.05) is 66.3 Å². The van der Waals surface area contributed by atoms with E-state index in [1.165, 1.54) is 43.9 Å². The number of rotatable bonds is 10. The van der Waals surface area contributed by atoms with E-state index in [1.54, 1.807) is 31.3 Å². The number of hydrogen-bond acceptors (Lipinski definition) is 9. The van der Waals surface area contributed by atoms with Crippen LogP contribution in [0.3, 0.4) is 0 Å². The van der Waals surface area contributed by atoms with Crippen molar-refractivity contribution in [1.29, 1.82) is 0 Å². The third-order valence-corrected chi connectivity index (χ3v) is 8.68. The van der Waals surface area contributed by atoms with Gasteiger partial charge >= 0.3 is 5.97 Å². The summed E-state index contributed by atoms with van der Waals surface area (Å²) in [5.41, 5.74) is 7.97. The Morgan fingerprint density at radius 1 is 1.08 bits per heavy atom. The smallest absolute Gasteiger partial charge is 0.337 e. The van der Waals surface area contributed by atoms with Gasteiger partial charge in [-0.2, -0.15) is 0 Å². The molecule has 0 amide bonds. The summed E-state index contributed by atoms with van der Waals surface area (Å²) in [6, 6.07) is 12.9. The van der Waals surface area contributed by atoms with Crippen LogP contribution < -0.4 is 10.5 Å². The van der Waals surface area contributed by atoms with Gasteiger partial charge in [0.1, 0.15) is 29.9 Å². The molecule has 0 saturated carbocycles. The molecule has 3 aromatic heterocycles. The van der Waals surface area contributed by atoms with E-state index in [-0.39, 0.29) is 52.7 Å². The first-order valence-corrected chi connectivity index (χ1v) is 15.8. The van der Waals surface area contributed by atoms with E-state index in [0.717, 1.165) is 12.1 Å². The lowest BCUT2D eigenvalue weighted by Crippen LogP contribution is -2.27. The largest absolute Gasteiger partial charge is 0.473 e. The highest BCUT2D eigenvalue weighted by Gasteiger charge is 2.39. The third-order valence-electron chi connectivity index (χ3n) is 8.68. The molecular formula is C37H35F3N6O4. The monoisotopic (exact) mass is 684 g/mol. The van der Waals surface area contributed by atoms with Crippen LogP contribution >= 0.6 is 0 Å². The minimum absolute atomic E-state index is 0.0272. The summed E-state index contributed by atoms with van der Waals surface area (Å²) in [6.45, 7) is 4.81. The number of methoxy groups -OCH3 is 1. The lowest BCUT2D eigenvalue weighted by Gasteiger charge is -2.28. The maximum atomic E-state index is 15.8. The number of hydrogen-bond donors (Lipinski definition) is 1. The number of nitrogens with zero attached hydrogens (tertiary/aromatic N) is 5. The molecule has 1 fully saturated rings. The molecule has 2 aromatic carbocycles. The average molecular weight is 685 g/mol. The van der Waals surface area contributed by atoms with Crippen molar-refractivity contribution in [2.24, 2.45) is 16.1 Å². The summed E-state index contributed by atoms with van der Waals surface area (Å²) in [6.07, 6.45) is 4.04. The average Bonchev–Trinajstić information content (AvgIpc) is 3.64. The van der Waals surface area contributed by atoms with Gasteiger partial charge < -0.3 is 24.5 Å². The number of aliphatic imine (C=N–C) groups is 1. The maximum absolute atomic E-state index is 15.8. The van der Waals surface area contributed by atoms with E-state index in [0.29, 0.717) is 46.9 Å². The van der Waals surface area contributed by atoms with Crippen molar-refractivity contribution in [1.82, 2.24) is 19.5 Å². The summed E-state index contributed by atoms with van der Waals surface area (Å²) < 4.78 is 64.7. The predicted molar refractivity (Wildman–Crippen MR) is 182 cm³/mol. The molecule has 0 bridgehead atoms. The Hall–Kier alpha value is -5.56. The van der Waals surface area contributed by atoms with Crippen LogP contribution in [0.25, 0.3) is 27.9 Å². The van der Waals surface area contributed by atoms with Crippen molar-refractivity contribution in [3.05, 3.63) is 113 Å². The number of pyridine rings is 2. The van der Waals surface area contributed by atoms with Gasteiger partial charge in [-0.15, -0.1) is 0 Å². The molecule has 4 heterocycles. The highest BCUT2D eigenvalue weighted by molar-refractivity contribution is 6.08. The van der Waals surface area contributed by atoms with Crippen molar-refractivity contribution < 1.29 is 32.2 Å². The number of carbonyl (C=O) groups is 1. The van der Waals surface area contributed by atoms with E-state index in [9.17, 15) is 9.18 Å². The number of fused-ring (bicyclic) bond motifs is 1. The molecule has 0 aliphatic carbocycles. The highest BCUT2D eigenvalue weighted by atomic mass is 19.1. The second-order valence-electron chi connectivity index (χ2n) is 12.5. The summed E-state index contributed by atoms with van der Waals surface area (Å²) >= 11 is 0. The zero-order valence-corrected chi connectivity index (χ0v) is 27.9. The maximum Gasteiger partial charge on any atom is 0.337 e. The minimum Gasteiger partial charge on any atom is -0.473 e. The normalized spacial score (nSPS) is 16.0. The van der Waals surface area contributed by atoms with Gasteiger partial charge in [-0.05, 0) is 42.0 Å². The molecule has 50 heavy (non-hydrogen) atoms. The number of halogens is 3. The number of allylic oxidation sites excluding steroid dienone is 1. The molecule has 1 atom stereocenters. The lowest BCUT2D eigenvalue weighted by molar-refractivity contribution is 0.0601. The number of imidazole rings is 1. The summed E-state index contributed by atoms with van der Waals surface area (Å²) in [5, 5.41) is 0. The van der Waals surface area contributed by atoms with Crippen LogP contribution in [0.15, 0.2) is 72.0 Å². The van der Waals surface area contributed by atoms with Gasteiger partial charge in [0.05, 0.1) is 54.4 Å². The first-order chi connectivity index (χ1) is 24.0. The van der Waals surface area contributed by atoms with Crippen LogP contribution in [0.1, 0.15) is 52.9 Å². The number of aromatic nitrogens is 4. The highest BCUT2D eigenvalue weighted by Crippen LogP contribution is 2.40. The van der Waals surface area contributed by atoms with Crippen LogP contribution in [0.2, 0.25) is 0 Å². The molecule has 10 nitrogen and oxygen atoms in total. The van der Waals surface area contributed by atoms with Gasteiger partial charge in [-0.3, -0.25) is 9.98 Å². The second-order valence-corrected chi connectivity index (χ2v) is 12.5. The fraction of sp³-hybridized carbons (Fsp3) is 0.270. The molecule has 2 N–H and O–H groups in total. The molecule has 5 aromatic rings. The van der Waals surface area contributed by atoms with E-state index in [1.807, 2.05) is 4.57 Å². The van der Waals surface area contributed by atoms with Crippen molar-refractivity contribution in [2.45, 2.75) is 32.9 Å². The van der Waals surface area contributed by atoms with Crippen molar-refractivity contribution in [3.8, 4) is 17.1 Å². The summed E-state index contributed by atoms with van der Waals surface area (Å²) in [7, 11) is 2.87. The molecular weight excluding hydrogens is 649 g/mol. The minimum atomic E-state index is -0.698. The number of benzene rings is 2. The van der Waals surface area contributed by atoms with Gasteiger partial charge in [0.15, 0.2) is 0 Å². The lowest BCUT2D eigenvalue weighted by atomic mass is 9.87. The molecule has 1 saturated heterocycles. The van der Waals surface area contributed by atoms with Crippen LogP contribution in [0.5, 0.6) is 5.88 Å². The fourth-order valence-electron chi connectivity index (χ4n) is 5.98. The Morgan fingerprint density at radius 3 is 2.58 bits per heavy atom. The topological polar surface area (TPSA) is 127 Å². The van der Waals surface area contributed by atoms with Crippen LogP contribution in [0, 0.1) is 22.9 Å². The molecule has 13 heteroatoms. The SMILES string of the molecule is CN=C/C(=C\N)c1cc(F)c(COc2cccc(-c3cc(F)c(Cc4nc5ccc(C(=O)OC)cc5n4C4COCC4(C)C)cc3F)n2)cn1. The zero-order valence-electron chi connectivity index (χ0n) is 27.9. The standard InChI is InChI=1S/C37H35F3N6O4/c1-37(2)20-49-19-33(37)46-32-11-21(36(47)48-4)8-9-30(32)44-34(46)12-22-10-28(40)25(13-26(22)38)29-6-5-7-35(45-29)50-18-24-17-43-31(14-27(24)39)23(15-41)16-42-3/h5-11,13-17,33H,12,18-20,41H2,1-4H3/b23-15+,42-16?. The number of carbonyl (C=O) groups excluding carboxylic acids is 1. The second kappa shape index (κ2) is 14.1. The van der Waals surface area contributed by atoms with E-state index in [2.05, 4.69) is 28.8 Å². The van der Waals surface area contributed by atoms with Gasteiger partial charge in [0.2, 0.25) is 5.88 Å². The molecule has 258 valence electrons. The van der Waals surface area contributed by atoms with Gasteiger partial charge in [0.25, 0.3) is 0 Å². The Kier molecular flexibility index (Phi) is 9.69. The predicted octanol–water partition coefficient (Wildman–Crippen LogP) is 6.46. The number of esters is 1. The molecule has 0 spiro atoms. The molecule has 1 aliphatic rings. The molecule has 6 rings (SSSR count). The van der Waals surface area contributed by atoms with E-state index < -0.39 is 23.4 Å². The van der Waals surface area contributed by atoms with Crippen LogP contribution in [-0.2, 0) is 22.5 Å². The first-order valence-electron chi connectivity index (χ1n) is 15.8.